The van der Waals surface area contributed by atoms with Gasteiger partial charge in [0, 0.05) is 12.7 Å². The summed E-state index contributed by atoms with van der Waals surface area (Å²) in [5.74, 6) is 0.859. The number of nitrogens with one attached hydrogen (secondary N) is 1. The minimum absolute atomic E-state index is 0.133. The third-order valence-electron chi connectivity index (χ3n) is 3.87. The topological polar surface area (TPSA) is 41.6 Å². The van der Waals surface area contributed by atoms with Crippen LogP contribution in [0, 0.1) is 6.92 Å². The first kappa shape index (κ1) is 17.9. The van der Waals surface area contributed by atoms with Crippen LogP contribution in [0.15, 0.2) is 48.5 Å². The summed E-state index contributed by atoms with van der Waals surface area (Å²) in [6, 6.07) is 15.7. The maximum Gasteiger partial charge on any atom is 0.321 e. The molecule has 128 valence electrons. The Morgan fingerprint density at radius 2 is 1.83 bits per heavy atom. The van der Waals surface area contributed by atoms with E-state index in [2.05, 4.69) is 24.4 Å². The lowest BCUT2D eigenvalue weighted by Crippen LogP contribution is -2.34. The third kappa shape index (κ3) is 5.30. The smallest absolute Gasteiger partial charge is 0.321 e. The monoisotopic (exact) mass is 326 g/mol. The number of ether oxygens (including phenoxy) is 1. The van der Waals surface area contributed by atoms with Crippen LogP contribution in [-0.2, 0) is 6.42 Å². The van der Waals surface area contributed by atoms with Gasteiger partial charge in [0.2, 0.25) is 0 Å². The molecule has 0 aromatic heterocycles. The van der Waals surface area contributed by atoms with Gasteiger partial charge in [-0.2, -0.15) is 0 Å². The fourth-order valence-corrected chi connectivity index (χ4v) is 2.37. The van der Waals surface area contributed by atoms with Crippen LogP contribution in [0.5, 0.6) is 5.75 Å². The molecule has 0 heterocycles. The van der Waals surface area contributed by atoms with Crippen LogP contribution < -0.4 is 10.1 Å². The molecule has 0 aliphatic heterocycles. The Morgan fingerprint density at radius 3 is 2.50 bits per heavy atom. The summed E-state index contributed by atoms with van der Waals surface area (Å²) in [6.07, 6.45) is 2.18. The number of anilines is 1. The highest BCUT2D eigenvalue weighted by molar-refractivity contribution is 5.89. The molecule has 24 heavy (non-hydrogen) atoms. The van der Waals surface area contributed by atoms with E-state index >= 15 is 0 Å². The van der Waals surface area contributed by atoms with Crippen molar-refractivity contribution in [1.29, 1.82) is 0 Å². The number of benzene rings is 2. The molecular weight excluding hydrogens is 300 g/mol. The maximum absolute atomic E-state index is 12.2. The summed E-state index contributed by atoms with van der Waals surface area (Å²) in [5, 5.41) is 2.90. The number of likely N-dealkylation sites (N-methyl/N-ethyl adjacent to an activating group) is 1. The SMILES string of the molecule is CCCc1ccc(NC(=O)N(C)CCOc2ccccc2C)cc1. The van der Waals surface area contributed by atoms with E-state index in [1.807, 2.05) is 43.3 Å². The lowest BCUT2D eigenvalue weighted by Gasteiger charge is -2.18. The summed E-state index contributed by atoms with van der Waals surface area (Å²) in [4.78, 5) is 13.8. The Bertz CT molecular complexity index is 653. The summed E-state index contributed by atoms with van der Waals surface area (Å²) in [6.45, 7) is 5.15. The predicted molar refractivity (Wildman–Crippen MR) is 98.8 cm³/mol. The average molecular weight is 326 g/mol. The summed E-state index contributed by atoms with van der Waals surface area (Å²) in [7, 11) is 1.77. The molecule has 0 unspecified atom stereocenters. The van der Waals surface area contributed by atoms with Crippen molar-refractivity contribution in [2.24, 2.45) is 0 Å². The largest absolute Gasteiger partial charge is 0.491 e. The summed E-state index contributed by atoms with van der Waals surface area (Å²) in [5.41, 5.74) is 3.19. The number of carbonyl (C=O) groups is 1. The zero-order chi connectivity index (χ0) is 17.4. The molecule has 2 amide bonds. The van der Waals surface area contributed by atoms with Crippen molar-refractivity contribution >= 4 is 11.7 Å². The van der Waals surface area contributed by atoms with Crippen LogP contribution in [0.3, 0.4) is 0 Å². The fraction of sp³-hybridized carbons (Fsp3) is 0.350. The van der Waals surface area contributed by atoms with Crippen molar-refractivity contribution in [2.75, 3.05) is 25.5 Å². The van der Waals surface area contributed by atoms with Gasteiger partial charge in [-0.3, -0.25) is 0 Å². The van der Waals surface area contributed by atoms with Gasteiger partial charge in [0.1, 0.15) is 12.4 Å². The van der Waals surface area contributed by atoms with Gasteiger partial charge in [-0.25, -0.2) is 4.79 Å². The molecule has 2 rings (SSSR count). The minimum atomic E-state index is -0.133. The van der Waals surface area contributed by atoms with E-state index in [1.54, 1.807) is 11.9 Å². The number of hydrogen-bond acceptors (Lipinski definition) is 2. The first-order chi connectivity index (χ1) is 11.6. The maximum atomic E-state index is 12.2. The van der Waals surface area contributed by atoms with Crippen molar-refractivity contribution < 1.29 is 9.53 Å². The van der Waals surface area contributed by atoms with Crippen LogP contribution in [0.2, 0.25) is 0 Å². The lowest BCUT2D eigenvalue weighted by molar-refractivity contribution is 0.207. The Labute approximate surface area is 144 Å². The van der Waals surface area contributed by atoms with Gasteiger partial charge in [0.15, 0.2) is 0 Å². The number of carbonyl (C=O) groups excluding carboxylic acids is 1. The number of hydrogen-bond donors (Lipinski definition) is 1. The Hall–Kier alpha value is -2.49. The van der Waals surface area contributed by atoms with Crippen molar-refractivity contribution in [3.05, 3.63) is 59.7 Å². The van der Waals surface area contributed by atoms with Crippen molar-refractivity contribution in [2.45, 2.75) is 26.7 Å². The number of rotatable bonds is 7. The standard InChI is InChI=1S/C20H26N2O2/c1-4-7-17-10-12-18(13-11-17)21-20(23)22(3)14-15-24-19-9-6-5-8-16(19)2/h5-6,8-13H,4,7,14-15H2,1-3H3,(H,21,23). The summed E-state index contributed by atoms with van der Waals surface area (Å²) < 4.78 is 5.73. The van der Waals surface area contributed by atoms with Crippen LogP contribution in [0.25, 0.3) is 0 Å². The molecule has 4 heteroatoms. The number of para-hydroxylation sites is 1. The molecule has 0 aliphatic rings. The molecular formula is C20H26N2O2. The van der Waals surface area contributed by atoms with E-state index in [4.69, 9.17) is 4.74 Å². The van der Waals surface area contributed by atoms with E-state index in [1.165, 1.54) is 5.56 Å². The molecule has 2 aromatic rings. The zero-order valence-corrected chi connectivity index (χ0v) is 14.7. The van der Waals surface area contributed by atoms with E-state index in [-0.39, 0.29) is 6.03 Å². The second kappa shape index (κ2) is 8.96. The molecule has 0 spiro atoms. The van der Waals surface area contributed by atoms with Crippen LogP contribution >= 0.6 is 0 Å². The molecule has 4 nitrogen and oxygen atoms in total. The van der Waals surface area contributed by atoms with Gasteiger partial charge in [-0.1, -0.05) is 43.7 Å². The molecule has 0 saturated heterocycles. The average Bonchev–Trinajstić information content (AvgIpc) is 2.58. The Morgan fingerprint density at radius 1 is 1.12 bits per heavy atom. The number of aryl methyl sites for hydroxylation is 2. The van der Waals surface area contributed by atoms with Gasteiger partial charge < -0.3 is 15.0 Å². The predicted octanol–water partition coefficient (Wildman–Crippen LogP) is 4.49. The molecule has 0 aliphatic carbocycles. The minimum Gasteiger partial charge on any atom is -0.491 e. The van der Waals surface area contributed by atoms with Gasteiger partial charge in [-0.15, -0.1) is 0 Å². The third-order valence-corrected chi connectivity index (χ3v) is 3.87. The van der Waals surface area contributed by atoms with Gasteiger partial charge >= 0.3 is 6.03 Å². The second-order valence-corrected chi connectivity index (χ2v) is 5.91. The molecule has 0 saturated carbocycles. The van der Waals surface area contributed by atoms with Gasteiger partial charge in [0.05, 0.1) is 6.54 Å². The number of nitrogens with zero attached hydrogens (tertiary/aromatic N) is 1. The number of urea groups is 1. The van der Waals surface area contributed by atoms with E-state index in [9.17, 15) is 4.79 Å². The van der Waals surface area contributed by atoms with Crippen LogP contribution in [0.1, 0.15) is 24.5 Å². The highest BCUT2D eigenvalue weighted by atomic mass is 16.5. The Kier molecular flexibility index (Phi) is 6.67. The molecule has 0 fully saturated rings. The molecule has 0 bridgehead atoms. The van der Waals surface area contributed by atoms with Crippen molar-refractivity contribution in [3.63, 3.8) is 0 Å². The van der Waals surface area contributed by atoms with Crippen LogP contribution in [-0.4, -0.2) is 31.1 Å². The second-order valence-electron chi connectivity index (χ2n) is 5.91. The van der Waals surface area contributed by atoms with E-state index in [0.717, 1.165) is 29.8 Å². The van der Waals surface area contributed by atoms with Crippen molar-refractivity contribution in [1.82, 2.24) is 4.90 Å². The lowest BCUT2D eigenvalue weighted by atomic mass is 10.1. The Balaban J connectivity index is 1.78. The van der Waals surface area contributed by atoms with E-state index in [0.29, 0.717) is 13.2 Å². The molecule has 0 atom stereocenters. The van der Waals surface area contributed by atoms with Crippen LogP contribution in [0.4, 0.5) is 10.5 Å². The normalized spacial score (nSPS) is 10.3. The van der Waals surface area contributed by atoms with Gasteiger partial charge in [0.25, 0.3) is 0 Å². The van der Waals surface area contributed by atoms with Crippen molar-refractivity contribution in [3.8, 4) is 5.75 Å². The molecule has 2 aromatic carbocycles. The zero-order valence-electron chi connectivity index (χ0n) is 14.7. The molecule has 0 radical (unpaired) electrons. The quantitative estimate of drug-likeness (QED) is 0.814. The molecule has 1 N–H and O–H groups in total. The highest BCUT2D eigenvalue weighted by Gasteiger charge is 2.09. The van der Waals surface area contributed by atoms with E-state index < -0.39 is 0 Å². The van der Waals surface area contributed by atoms with Gasteiger partial charge in [-0.05, 0) is 42.7 Å². The first-order valence-corrected chi connectivity index (χ1v) is 8.39. The highest BCUT2D eigenvalue weighted by Crippen LogP contribution is 2.16. The fourth-order valence-electron chi connectivity index (χ4n) is 2.37. The number of amides is 2. The first-order valence-electron chi connectivity index (χ1n) is 8.39. The summed E-state index contributed by atoms with van der Waals surface area (Å²) >= 11 is 0.